The Labute approximate surface area is 127 Å². The summed E-state index contributed by atoms with van der Waals surface area (Å²) in [6.07, 6.45) is 4.65. The van der Waals surface area contributed by atoms with E-state index < -0.39 is 6.10 Å². The smallest absolute Gasteiger partial charge is 0.106 e. The van der Waals surface area contributed by atoms with Crippen LogP contribution in [0.2, 0.25) is 0 Å². The third kappa shape index (κ3) is 4.47. The van der Waals surface area contributed by atoms with E-state index in [1.807, 2.05) is 60.7 Å². The number of unbranched alkanes of at least 4 members (excludes halogenated alkanes) is 2. The molecule has 0 amide bonds. The minimum atomic E-state index is -0.594. The number of nitrogens with one attached hydrogen (secondary N) is 1. The highest BCUT2D eigenvalue weighted by Gasteiger charge is 2.13. The zero-order chi connectivity index (χ0) is 14.9. The lowest BCUT2D eigenvalue weighted by Gasteiger charge is -2.17. The lowest BCUT2D eigenvalue weighted by Crippen LogP contribution is -2.07. The van der Waals surface area contributed by atoms with Crippen LogP contribution in [0.25, 0.3) is 0 Å². The predicted molar refractivity (Wildman–Crippen MR) is 89.5 cm³/mol. The van der Waals surface area contributed by atoms with Crippen LogP contribution in [-0.2, 0) is 0 Å². The second-order valence-electron chi connectivity index (χ2n) is 5.11. The summed E-state index contributed by atoms with van der Waals surface area (Å²) in [5.41, 5.74) is 2.85. The number of rotatable bonds is 8. The van der Waals surface area contributed by atoms with E-state index in [0.717, 1.165) is 42.6 Å². The van der Waals surface area contributed by atoms with Gasteiger partial charge in [-0.2, -0.15) is 0 Å². The first-order chi connectivity index (χ1) is 10.3. The topological polar surface area (TPSA) is 32.3 Å². The van der Waals surface area contributed by atoms with Crippen LogP contribution in [0.1, 0.15) is 36.5 Å². The lowest BCUT2D eigenvalue weighted by molar-refractivity contribution is 0.221. The summed E-state index contributed by atoms with van der Waals surface area (Å²) >= 11 is 0. The number of aliphatic hydroxyl groups is 1. The maximum Gasteiger partial charge on any atom is 0.106 e. The van der Waals surface area contributed by atoms with Crippen LogP contribution < -0.4 is 5.32 Å². The third-order valence-electron chi connectivity index (χ3n) is 3.52. The molecule has 0 radical (unpaired) electrons. The third-order valence-corrected chi connectivity index (χ3v) is 3.52. The van der Waals surface area contributed by atoms with E-state index in [4.69, 9.17) is 0 Å². The second-order valence-corrected chi connectivity index (χ2v) is 5.11. The first kappa shape index (κ1) is 15.3. The molecule has 0 saturated heterocycles. The zero-order valence-corrected chi connectivity index (χ0v) is 12.3. The van der Waals surface area contributed by atoms with Gasteiger partial charge in [-0.3, -0.25) is 0 Å². The molecule has 0 spiro atoms. The Morgan fingerprint density at radius 3 is 2.48 bits per heavy atom. The van der Waals surface area contributed by atoms with Crippen molar-refractivity contribution in [2.24, 2.45) is 0 Å². The molecule has 2 aromatic carbocycles. The van der Waals surface area contributed by atoms with Gasteiger partial charge in [0.05, 0.1) is 0 Å². The number of aliphatic hydroxyl groups excluding tert-OH is 1. The quantitative estimate of drug-likeness (QED) is 0.550. The summed E-state index contributed by atoms with van der Waals surface area (Å²) in [7, 11) is 0. The highest BCUT2D eigenvalue weighted by Crippen LogP contribution is 2.28. The number of para-hydroxylation sites is 1. The molecule has 0 aliphatic rings. The number of allylic oxidation sites excluding steroid dienone is 1. The van der Waals surface area contributed by atoms with Crippen LogP contribution in [0.5, 0.6) is 0 Å². The molecule has 21 heavy (non-hydrogen) atoms. The summed E-state index contributed by atoms with van der Waals surface area (Å²) in [4.78, 5) is 0. The van der Waals surface area contributed by atoms with Crippen LogP contribution in [0.3, 0.4) is 0 Å². The van der Waals surface area contributed by atoms with Crippen molar-refractivity contribution in [2.45, 2.75) is 25.4 Å². The van der Waals surface area contributed by atoms with Crippen molar-refractivity contribution in [3.05, 3.63) is 78.4 Å². The van der Waals surface area contributed by atoms with E-state index in [9.17, 15) is 5.11 Å². The SMILES string of the molecule is C=CCCCCNc1ccccc1C(O)c1ccccc1. The first-order valence-electron chi connectivity index (χ1n) is 7.49. The Bertz CT molecular complexity index is 551. The highest BCUT2D eigenvalue weighted by molar-refractivity contribution is 5.54. The van der Waals surface area contributed by atoms with Gasteiger partial charge in [0.25, 0.3) is 0 Å². The zero-order valence-electron chi connectivity index (χ0n) is 12.3. The minimum absolute atomic E-state index is 0.594. The fourth-order valence-electron chi connectivity index (χ4n) is 2.35. The van der Waals surface area contributed by atoms with Gasteiger partial charge in [0, 0.05) is 17.8 Å². The van der Waals surface area contributed by atoms with Crippen molar-refractivity contribution in [3.8, 4) is 0 Å². The summed E-state index contributed by atoms with van der Waals surface area (Å²) in [5, 5.41) is 14.0. The molecule has 1 unspecified atom stereocenters. The summed E-state index contributed by atoms with van der Waals surface area (Å²) in [6.45, 7) is 4.64. The molecule has 0 saturated carbocycles. The van der Waals surface area contributed by atoms with E-state index >= 15 is 0 Å². The summed E-state index contributed by atoms with van der Waals surface area (Å²) in [5.74, 6) is 0. The number of hydrogen-bond donors (Lipinski definition) is 2. The maximum atomic E-state index is 10.6. The average Bonchev–Trinajstić information content (AvgIpc) is 2.55. The Balaban J connectivity index is 2.04. The maximum absolute atomic E-state index is 10.6. The molecule has 2 nitrogen and oxygen atoms in total. The van der Waals surface area contributed by atoms with Crippen molar-refractivity contribution in [1.82, 2.24) is 0 Å². The summed E-state index contributed by atoms with van der Waals surface area (Å²) in [6, 6.07) is 17.7. The van der Waals surface area contributed by atoms with Crippen molar-refractivity contribution in [1.29, 1.82) is 0 Å². The van der Waals surface area contributed by atoms with Crippen molar-refractivity contribution in [3.63, 3.8) is 0 Å². The Kier molecular flexibility index (Phi) is 6.04. The van der Waals surface area contributed by atoms with Crippen molar-refractivity contribution in [2.75, 3.05) is 11.9 Å². The number of benzene rings is 2. The molecule has 0 aliphatic carbocycles. The molecule has 1 atom stereocenters. The second kappa shape index (κ2) is 8.28. The van der Waals surface area contributed by atoms with Crippen LogP contribution in [0, 0.1) is 0 Å². The van der Waals surface area contributed by atoms with Crippen molar-refractivity contribution < 1.29 is 5.11 Å². The fourth-order valence-corrected chi connectivity index (χ4v) is 2.35. The van der Waals surface area contributed by atoms with Gasteiger partial charge in [-0.25, -0.2) is 0 Å². The normalized spacial score (nSPS) is 11.9. The molecule has 110 valence electrons. The highest BCUT2D eigenvalue weighted by atomic mass is 16.3. The first-order valence-corrected chi connectivity index (χ1v) is 7.49. The van der Waals surface area contributed by atoms with E-state index in [2.05, 4.69) is 11.9 Å². The molecule has 2 rings (SSSR count). The van der Waals surface area contributed by atoms with E-state index in [1.54, 1.807) is 0 Å². The Hall–Kier alpha value is -2.06. The molecule has 0 heterocycles. The van der Waals surface area contributed by atoms with Gasteiger partial charge in [0.2, 0.25) is 0 Å². The standard InChI is InChI=1S/C19H23NO/c1-2-3-4-10-15-20-18-14-9-8-13-17(18)19(21)16-11-6-5-7-12-16/h2,5-9,11-14,19-21H,1,3-4,10,15H2. The minimum Gasteiger partial charge on any atom is -0.385 e. The van der Waals surface area contributed by atoms with Gasteiger partial charge in [-0.05, 0) is 30.9 Å². The van der Waals surface area contributed by atoms with Gasteiger partial charge < -0.3 is 10.4 Å². The fraction of sp³-hybridized carbons (Fsp3) is 0.263. The monoisotopic (exact) mass is 281 g/mol. The number of hydrogen-bond acceptors (Lipinski definition) is 2. The lowest BCUT2D eigenvalue weighted by atomic mass is 10.00. The van der Waals surface area contributed by atoms with Gasteiger partial charge in [-0.1, -0.05) is 54.6 Å². The number of anilines is 1. The Morgan fingerprint density at radius 2 is 1.71 bits per heavy atom. The molecular weight excluding hydrogens is 258 g/mol. The van der Waals surface area contributed by atoms with Gasteiger partial charge in [-0.15, -0.1) is 6.58 Å². The molecule has 2 heteroatoms. The summed E-state index contributed by atoms with van der Waals surface area (Å²) < 4.78 is 0. The molecule has 0 bridgehead atoms. The van der Waals surface area contributed by atoms with Gasteiger partial charge >= 0.3 is 0 Å². The molecular formula is C19H23NO. The largest absolute Gasteiger partial charge is 0.385 e. The Morgan fingerprint density at radius 1 is 1.00 bits per heavy atom. The van der Waals surface area contributed by atoms with Crippen LogP contribution in [0.4, 0.5) is 5.69 Å². The molecule has 2 N–H and O–H groups in total. The van der Waals surface area contributed by atoms with E-state index in [0.29, 0.717) is 0 Å². The molecule has 0 fully saturated rings. The van der Waals surface area contributed by atoms with Crippen LogP contribution in [0.15, 0.2) is 67.3 Å². The van der Waals surface area contributed by atoms with Crippen molar-refractivity contribution >= 4 is 5.69 Å². The van der Waals surface area contributed by atoms with E-state index in [1.165, 1.54) is 0 Å². The van der Waals surface area contributed by atoms with Crippen LogP contribution in [-0.4, -0.2) is 11.7 Å². The van der Waals surface area contributed by atoms with Gasteiger partial charge in [0.1, 0.15) is 6.10 Å². The molecule has 2 aromatic rings. The van der Waals surface area contributed by atoms with Gasteiger partial charge in [0.15, 0.2) is 0 Å². The predicted octanol–water partition coefficient (Wildman–Crippen LogP) is 4.54. The van der Waals surface area contributed by atoms with E-state index in [-0.39, 0.29) is 0 Å². The molecule has 0 aromatic heterocycles. The van der Waals surface area contributed by atoms with Crippen LogP contribution >= 0.6 is 0 Å². The average molecular weight is 281 g/mol. The molecule has 0 aliphatic heterocycles.